The van der Waals surface area contributed by atoms with E-state index in [-0.39, 0.29) is 0 Å². The largest absolute Gasteiger partial charge is 0.0470 e. The summed E-state index contributed by atoms with van der Waals surface area (Å²) in [6, 6.07) is 0. The molecule has 27 fully saturated rings. The van der Waals surface area contributed by atoms with Crippen LogP contribution in [0.5, 0.6) is 0 Å². The fourth-order valence-electron chi connectivity index (χ4n) is 36.9. The van der Waals surface area contributed by atoms with Crippen LogP contribution in [0.3, 0.4) is 0 Å². The van der Waals surface area contributed by atoms with Gasteiger partial charge >= 0.3 is 0 Å². The standard InChI is InChI=1S/C55H58/c1-5-2-7-11(5)17-13(7)19-23(17)29-26(19)30-32(29)35-33(30)36-38(35)41-39(36)42-40-37-34-31-28-22-16-10-4-9-15-21-27-25-20-14-8-3-6(1)12(8)18(14)24(20)47(25)49(27)51(21)53(15)55(9,10)54(16)52(22)50(28)48(31)46(34)45(37)44(40)43(41)42/h5-54H,1-4H2. The number of hydrogen-bond donors (Lipinski definition) is 0. The molecule has 0 aromatic carbocycles. The van der Waals surface area contributed by atoms with Gasteiger partial charge in [0.15, 0.2) is 0 Å². The first-order valence-corrected chi connectivity index (χ1v) is 27.4. The van der Waals surface area contributed by atoms with Crippen molar-refractivity contribution in [3.8, 4) is 0 Å². The molecule has 0 saturated heterocycles. The third kappa shape index (κ3) is 1.46. The Bertz CT molecular complexity index is 2340. The summed E-state index contributed by atoms with van der Waals surface area (Å²) in [4.78, 5) is 0. The normalized spacial score (nSPS) is 103. The summed E-state index contributed by atoms with van der Waals surface area (Å²) in [5.74, 6) is 65.8. The summed E-state index contributed by atoms with van der Waals surface area (Å²) in [6.07, 6.45) is 7.06. The van der Waals surface area contributed by atoms with E-state index in [1.165, 1.54) is 296 Å². The molecule has 27 aliphatic rings. The first-order valence-electron chi connectivity index (χ1n) is 27.4. The molecule has 27 aliphatic carbocycles. The molecule has 0 heterocycles. The molecule has 27 rings (SSSR count). The van der Waals surface area contributed by atoms with Crippen molar-refractivity contribution in [2.45, 2.75) is 25.7 Å². The molecular weight excluding hydrogens is 661 g/mol. The first-order chi connectivity index (χ1) is 27.4. The summed E-state index contributed by atoms with van der Waals surface area (Å²) in [5, 5.41) is 0. The minimum absolute atomic E-state index is 1.03. The Labute approximate surface area is 325 Å². The Morgan fingerprint density at radius 2 is 0.418 bits per heavy atom. The molecule has 1 spiro atoms. The second kappa shape index (κ2) is 5.93. The Balaban J connectivity index is 0.570. The SMILES string of the molecule is C1C2CC3C2C2C3C3C2C2C3C3C2C2C3C3C2C2C3C3C2C2C3C3C2C2C3C3C2C2C3C3C2C2C3C3CC4C5C6C7C8C9C%10C%11CC1C%11C%10C9C8C7C6C5C432. The predicted molar refractivity (Wildman–Crippen MR) is 195 cm³/mol. The van der Waals surface area contributed by atoms with Crippen molar-refractivity contribution in [2.24, 2.45) is 301 Å². The van der Waals surface area contributed by atoms with Crippen LogP contribution in [0.4, 0.5) is 0 Å². The van der Waals surface area contributed by atoms with Crippen molar-refractivity contribution in [3.63, 3.8) is 0 Å². The fourth-order valence-corrected chi connectivity index (χ4v) is 36.9. The molecule has 0 aromatic heterocycles. The van der Waals surface area contributed by atoms with Crippen molar-refractivity contribution >= 4 is 0 Å². The van der Waals surface area contributed by atoms with Crippen LogP contribution in [-0.4, -0.2) is 0 Å². The highest BCUT2D eigenvalue weighted by molar-refractivity contribution is 5.49. The number of rotatable bonds is 0. The average molecular weight is 719 g/mol. The van der Waals surface area contributed by atoms with Gasteiger partial charge in [-0.3, -0.25) is 0 Å². The number of hydrogen-bond acceptors (Lipinski definition) is 0. The van der Waals surface area contributed by atoms with E-state index in [9.17, 15) is 0 Å². The lowest BCUT2D eigenvalue weighted by Gasteiger charge is -3.04. The Kier molecular flexibility index (Phi) is 2.63. The molecule has 0 radical (unpaired) electrons. The molecule has 55 heavy (non-hydrogen) atoms. The smallest absolute Gasteiger partial charge is 0.0167 e. The minimum atomic E-state index is 1.03. The molecule has 0 aromatic rings. The lowest BCUT2D eigenvalue weighted by molar-refractivity contribution is -0.580. The number of fused-ring (bicyclic) bond motifs is 23. The molecule has 0 bridgehead atoms. The van der Waals surface area contributed by atoms with Crippen LogP contribution in [-0.2, 0) is 0 Å². The van der Waals surface area contributed by atoms with E-state index in [4.69, 9.17) is 0 Å². The summed E-state index contributed by atoms with van der Waals surface area (Å²) < 4.78 is 0. The monoisotopic (exact) mass is 718 g/mol. The van der Waals surface area contributed by atoms with E-state index in [0.717, 1.165) is 5.41 Å². The van der Waals surface area contributed by atoms with Crippen molar-refractivity contribution in [1.82, 2.24) is 0 Å². The van der Waals surface area contributed by atoms with Gasteiger partial charge in [-0.15, -0.1) is 0 Å². The second-order valence-electron chi connectivity index (χ2n) is 31.3. The molecule has 0 N–H and O–H groups in total. The van der Waals surface area contributed by atoms with Gasteiger partial charge in [0.1, 0.15) is 0 Å². The van der Waals surface area contributed by atoms with Gasteiger partial charge in [-0.25, -0.2) is 0 Å². The summed E-state index contributed by atoms with van der Waals surface area (Å²) in [5.41, 5.74) is 1.03. The molecule has 51 unspecified atom stereocenters. The Hall–Kier alpha value is 0. The Morgan fingerprint density at radius 1 is 0.182 bits per heavy atom. The van der Waals surface area contributed by atoms with Crippen molar-refractivity contribution in [1.29, 1.82) is 0 Å². The van der Waals surface area contributed by atoms with Gasteiger partial charge < -0.3 is 0 Å². The lowest BCUT2D eigenvalue weighted by Crippen LogP contribution is -3.01. The molecule has 51 atom stereocenters. The van der Waals surface area contributed by atoms with Crippen molar-refractivity contribution < 1.29 is 0 Å². The van der Waals surface area contributed by atoms with Crippen molar-refractivity contribution in [3.05, 3.63) is 0 Å². The zero-order valence-corrected chi connectivity index (χ0v) is 32.2. The van der Waals surface area contributed by atoms with Crippen LogP contribution in [0.2, 0.25) is 0 Å². The van der Waals surface area contributed by atoms with Gasteiger partial charge in [0.25, 0.3) is 0 Å². The topological polar surface area (TPSA) is 0 Å². The molecule has 0 aliphatic heterocycles. The maximum atomic E-state index is 1.79. The first kappa shape index (κ1) is 24.4. The van der Waals surface area contributed by atoms with E-state index in [0.29, 0.717) is 0 Å². The van der Waals surface area contributed by atoms with Gasteiger partial charge in [-0.05, 0) is 327 Å². The zero-order valence-electron chi connectivity index (χ0n) is 32.2. The van der Waals surface area contributed by atoms with Crippen LogP contribution < -0.4 is 0 Å². The van der Waals surface area contributed by atoms with Crippen LogP contribution in [0.15, 0.2) is 0 Å². The van der Waals surface area contributed by atoms with E-state index in [1.54, 1.807) is 25.7 Å². The van der Waals surface area contributed by atoms with E-state index >= 15 is 0 Å². The van der Waals surface area contributed by atoms with Crippen LogP contribution in [0.25, 0.3) is 0 Å². The summed E-state index contributed by atoms with van der Waals surface area (Å²) in [7, 11) is 0. The molecule has 0 heteroatoms. The van der Waals surface area contributed by atoms with Gasteiger partial charge in [-0.1, -0.05) is 0 Å². The summed E-state index contributed by atoms with van der Waals surface area (Å²) in [6.45, 7) is 0. The highest BCUT2D eigenvalue weighted by Gasteiger charge is 3.03. The maximum absolute atomic E-state index is 1.79. The molecule has 0 nitrogen and oxygen atoms in total. The zero-order chi connectivity index (χ0) is 32.2. The van der Waals surface area contributed by atoms with E-state index < -0.39 is 0 Å². The van der Waals surface area contributed by atoms with E-state index in [2.05, 4.69) is 0 Å². The molecule has 0 amide bonds. The van der Waals surface area contributed by atoms with Gasteiger partial charge in [0.2, 0.25) is 0 Å². The summed E-state index contributed by atoms with van der Waals surface area (Å²) >= 11 is 0. The minimum Gasteiger partial charge on any atom is -0.0470 e. The van der Waals surface area contributed by atoms with E-state index in [1.807, 2.05) is 0 Å². The molecular formula is C55H58. The van der Waals surface area contributed by atoms with Gasteiger partial charge in [-0.2, -0.15) is 0 Å². The maximum Gasteiger partial charge on any atom is -0.0167 e. The third-order valence-corrected chi connectivity index (χ3v) is 35.7. The van der Waals surface area contributed by atoms with Crippen LogP contribution >= 0.6 is 0 Å². The second-order valence-corrected chi connectivity index (χ2v) is 31.3. The lowest BCUT2D eigenvalue weighted by atomic mass is 9.00. The molecule has 278 valence electrons. The predicted octanol–water partition coefficient (Wildman–Crippen LogP) is 7.71. The van der Waals surface area contributed by atoms with Crippen LogP contribution in [0.1, 0.15) is 25.7 Å². The highest BCUT2D eigenvalue weighted by atomic mass is 15.1. The highest BCUT2D eigenvalue weighted by Crippen LogP contribution is 3.06. The van der Waals surface area contributed by atoms with Crippen molar-refractivity contribution in [2.75, 3.05) is 0 Å². The quantitative estimate of drug-likeness (QED) is 0.241. The average Bonchev–Trinajstić information content (AvgIpc) is 3.10. The van der Waals surface area contributed by atoms with Gasteiger partial charge in [0, 0.05) is 0 Å². The molecule has 27 saturated carbocycles. The fraction of sp³-hybridized carbons (Fsp3) is 1.00. The third-order valence-electron chi connectivity index (χ3n) is 35.7. The van der Waals surface area contributed by atoms with Gasteiger partial charge in [0.05, 0.1) is 0 Å². The van der Waals surface area contributed by atoms with Crippen LogP contribution in [0, 0.1) is 301 Å². The Morgan fingerprint density at radius 3 is 0.727 bits per heavy atom.